The number of hydrogen-bond acceptors (Lipinski definition) is 9. The van der Waals surface area contributed by atoms with Crippen molar-refractivity contribution in [3.63, 3.8) is 0 Å². The fourth-order valence-corrected chi connectivity index (χ4v) is 7.90. The number of methoxy groups -OCH3 is 1. The third-order valence-corrected chi connectivity index (χ3v) is 11.3. The average molecular weight is 748 g/mol. The number of amides is 2. The minimum atomic E-state index is -0.342. The number of rotatable bonds is 9. The number of likely N-dealkylation sites (tertiary alicyclic amines) is 1. The Morgan fingerprint density at radius 1 is 0.964 bits per heavy atom. The van der Waals surface area contributed by atoms with Crippen LogP contribution in [0.5, 0.6) is 5.75 Å². The van der Waals surface area contributed by atoms with Crippen LogP contribution in [-0.4, -0.2) is 70.3 Å². The fourth-order valence-electron chi connectivity index (χ4n) is 7.90. The number of amidine groups is 1. The van der Waals surface area contributed by atoms with Gasteiger partial charge >= 0.3 is 6.03 Å². The standard InChI is InChI=1S/C43H57N9O3/c1-29-11-8-9-22-51(29)42-49-48-40-19-16-33(28-52(40)42)55-37-18-17-36(34-14-6-7-15-35(34)37)46-41(53)47-39(26-38(44)43(2,3)4)45-31-13-10-12-30(25-31)27-50-23-20-32(54-5)21-24-50/h6-7,10,12-16,19,25-26,28-29,32,36-37H,8-9,11,17-18,20-24,27,44H2,1-5H3,(H2,45,46,47,53)/b38-26-/t29-,36-,37+/m0/s1. The maximum Gasteiger partial charge on any atom is 0.320 e. The van der Waals surface area contributed by atoms with E-state index in [1.165, 1.54) is 12.0 Å². The van der Waals surface area contributed by atoms with E-state index in [-0.39, 0.29) is 23.6 Å². The second-order valence-electron chi connectivity index (χ2n) is 16.3. The van der Waals surface area contributed by atoms with E-state index < -0.39 is 0 Å². The van der Waals surface area contributed by atoms with E-state index in [9.17, 15) is 4.79 Å². The van der Waals surface area contributed by atoms with Crippen LogP contribution in [0.4, 0.5) is 16.4 Å². The Bertz CT molecular complexity index is 2010. The number of pyridine rings is 1. The molecular formula is C43H57N9O3. The molecule has 2 amide bonds. The van der Waals surface area contributed by atoms with E-state index in [0.29, 0.717) is 30.1 Å². The molecule has 4 aromatic rings. The first-order chi connectivity index (χ1) is 26.5. The number of urea groups is 1. The Morgan fingerprint density at radius 2 is 1.76 bits per heavy atom. The number of ether oxygens (including phenoxy) is 2. The Labute approximate surface area is 325 Å². The Morgan fingerprint density at radius 3 is 2.53 bits per heavy atom. The summed E-state index contributed by atoms with van der Waals surface area (Å²) in [5.74, 6) is 2.00. The van der Waals surface area contributed by atoms with Crippen molar-refractivity contribution in [1.29, 1.82) is 0 Å². The van der Waals surface area contributed by atoms with Crippen LogP contribution in [-0.2, 0) is 11.3 Å². The number of anilines is 1. The van der Waals surface area contributed by atoms with E-state index in [2.05, 4.69) is 61.8 Å². The van der Waals surface area contributed by atoms with Crippen LogP contribution in [0, 0.1) is 5.41 Å². The van der Waals surface area contributed by atoms with Crippen LogP contribution in [0.2, 0.25) is 0 Å². The topological polar surface area (TPSA) is 135 Å². The number of piperidine rings is 2. The third-order valence-electron chi connectivity index (χ3n) is 11.3. The molecule has 2 aromatic heterocycles. The highest BCUT2D eigenvalue weighted by Crippen LogP contribution is 2.39. The van der Waals surface area contributed by atoms with Crippen LogP contribution in [0.3, 0.4) is 0 Å². The third kappa shape index (κ3) is 9.30. The molecule has 2 aromatic carbocycles. The highest BCUT2D eigenvalue weighted by Gasteiger charge is 2.30. The van der Waals surface area contributed by atoms with Crippen molar-refractivity contribution in [1.82, 2.24) is 30.1 Å². The average Bonchev–Trinajstić information content (AvgIpc) is 3.59. The molecule has 2 fully saturated rings. The number of nitrogens with two attached hydrogens (primary N) is 1. The Hall–Kier alpha value is -4.94. The molecule has 292 valence electrons. The molecule has 0 unspecified atom stereocenters. The maximum atomic E-state index is 13.8. The highest BCUT2D eigenvalue weighted by atomic mass is 16.5. The molecule has 1 aliphatic carbocycles. The maximum absolute atomic E-state index is 13.8. The van der Waals surface area contributed by atoms with Gasteiger partial charge in [0.15, 0.2) is 5.65 Å². The van der Waals surface area contributed by atoms with Gasteiger partial charge in [0.05, 0.1) is 24.0 Å². The first-order valence-corrected chi connectivity index (χ1v) is 19.9. The predicted octanol–water partition coefficient (Wildman–Crippen LogP) is 7.59. The molecule has 12 heteroatoms. The molecule has 4 N–H and O–H groups in total. The Balaban J connectivity index is 1.05. The van der Waals surface area contributed by atoms with E-state index in [1.54, 1.807) is 13.2 Å². The summed E-state index contributed by atoms with van der Waals surface area (Å²) >= 11 is 0. The summed E-state index contributed by atoms with van der Waals surface area (Å²) in [5, 5.41) is 15.2. The number of aliphatic imine (C=N–C) groups is 1. The molecule has 0 spiro atoms. The molecule has 55 heavy (non-hydrogen) atoms. The molecule has 3 aliphatic rings. The van der Waals surface area contributed by atoms with Crippen molar-refractivity contribution in [2.75, 3.05) is 31.6 Å². The molecule has 2 aliphatic heterocycles. The van der Waals surface area contributed by atoms with Gasteiger partial charge in [-0.25, -0.2) is 9.79 Å². The first kappa shape index (κ1) is 38.3. The lowest BCUT2D eigenvalue weighted by atomic mass is 9.85. The van der Waals surface area contributed by atoms with Gasteiger partial charge in [-0.3, -0.25) is 14.6 Å². The largest absolute Gasteiger partial charge is 0.484 e. The number of nitrogens with one attached hydrogen (secondary N) is 2. The van der Waals surface area contributed by atoms with Crippen molar-refractivity contribution >= 4 is 29.1 Å². The molecular weight excluding hydrogens is 691 g/mol. The number of benzene rings is 2. The minimum absolute atomic E-state index is 0.172. The van der Waals surface area contributed by atoms with E-state index >= 15 is 0 Å². The summed E-state index contributed by atoms with van der Waals surface area (Å²) in [6.45, 7) is 12.2. The summed E-state index contributed by atoms with van der Waals surface area (Å²) in [7, 11) is 1.79. The van der Waals surface area contributed by atoms with Crippen LogP contribution >= 0.6 is 0 Å². The number of allylic oxidation sites excluding steroid dienone is 1. The van der Waals surface area contributed by atoms with Crippen molar-refractivity contribution in [3.8, 4) is 5.75 Å². The number of aromatic nitrogens is 3. The molecule has 3 atom stereocenters. The summed E-state index contributed by atoms with van der Waals surface area (Å²) in [6.07, 6.45) is 11.0. The summed E-state index contributed by atoms with van der Waals surface area (Å²) in [5.41, 5.74) is 11.7. The lowest BCUT2D eigenvalue weighted by Gasteiger charge is -2.33. The molecule has 4 heterocycles. The van der Waals surface area contributed by atoms with Crippen LogP contribution in [0.1, 0.15) is 101 Å². The summed E-state index contributed by atoms with van der Waals surface area (Å²) < 4.78 is 14.3. The number of hydrogen-bond donors (Lipinski definition) is 3. The van der Waals surface area contributed by atoms with Crippen LogP contribution in [0.25, 0.3) is 5.65 Å². The zero-order valence-electron chi connectivity index (χ0n) is 33.0. The van der Waals surface area contributed by atoms with Crippen LogP contribution < -0.4 is 26.0 Å². The SMILES string of the molecule is COC1CCN(Cc2cccc(N=C(/C=C(\N)C(C)(C)C)NC(=O)N[C@H]3CC[C@@H](Oc4ccc5nnc(N6CCCC[C@@H]6C)n5c4)c4ccccc43)c2)CC1. The normalized spacial score (nSPS) is 21.7. The van der Waals surface area contributed by atoms with Gasteiger partial charge in [-0.1, -0.05) is 57.2 Å². The van der Waals surface area contributed by atoms with Gasteiger partial charge < -0.3 is 25.4 Å². The number of carbonyl (C=O) groups excluding carboxylic acids is 1. The fraction of sp³-hybridized carbons (Fsp3) is 0.488. The van der Waals surface area contributed by atoms with Gasteiger partial charge in [-0.05, 0) is 92.8 Å². The quantitative estimate of drug-likeness (QED) is 0.118. The smallest absolute Gasteiger partial charge is 0.320 e. The molecule has 0 saturated carbocycles. The van der Waals surface area contributed by atoms with Crippen molar-refractivity contribution < 1.29 is 14.3 Å². The second-order valence-corrected chi connectivity index (χ2v) is 16.3. The second kappa shape index (κ2) is 16.8. The minimum Gasteiger partial charge on any atom is -0.484 e. The van der Waals surface area contributed by atoms with Gasteiger partial charge in [0.2, 0.25) is 5.95 Å². The van der Waals surface area contributed by atoms with E-state index in [0.717, 1.165) is 92.4 Å². The van der Waals surface area contributed by atoms with Crippen molar-refractivity contribution in [2.24, 2.45) is 16.1 Å². The number of fused-ring (bicyclic) bond motifs is 2. The molecule has 0 bridgehead atoms. The van der Waals surface area contributed by atoms with Crippen LogP contribution in [0.15, 0.2) is 83.6 Å². The summed E-state index contributed by atoms with van der Waals surface area (Å²) in [6, 6.07) is 20.2. The van der Waals surface area contributed by atoms with Gasteiger partial charge in [-0.15, -0.1) is 10.2 Å². The zero-order valence-corrected chi connectivity index (χ0v) is 33.0. The van der Waals surface area contributed by atoms with Gasteiger partial charge in [-0.2, -0.15) is 0 Å². The highest BCUT2D eigenvalue weighted by molar-refractivity contribution is 6.05. The first-order valence-electron chi connectivity index (χ1n) is 19.9. The van der Waals surface area contributed by atoms with Gasteiger partial charge in [0.1, 0.15) is 17.7 Å². The zero-order chi connectivity index (χ0) is 38.5. The van der Waals surface area contributed by atoms with Crippen molar-refractivity contribution in [2.45, 2.75) is 103 Å². The number of nitrogens with zero attached hydrogens (tertiary/aromatic N) is 6. The summed E-state index contributed by atoms with van der Waals surface area (Å²) in [4.78, 5) is 23.4. The molecule has 12 nitrogen and oxygen atoms in total. The van der Waals surface area contributed by atoms with E-state index in [1.807, 2.05) is 67.8 Å². The number of carbonyl (C=O) groups is 1. The molecule has 7 rings (SSSR count). The molecule has 0 radical (unpaired) electrons. The monoisotopic (exact) mass is 747 g/mol. The van der Waals surface area contributed by atoms with E-state index in [4.69, 9.17) is 20.2 Å². The lowest BCUT2D eigenvalue weighted by molar-refractivity contribution is 0.0389. The lowest BCUT2D eigenvalue weighted by Crippen LogP contribution is -2.42. The van der Waals surface area contributed by atoms with Gasteiger partial charge in [0, 0.05) is 56.5 Å². The molecule has 2 saturated heterocycles. The van der Waals surface area contributed by atoms with Gasteiger partial charge in [0.25, 0.3) is 0 Å². The Kier molecular flexibility index (Phi) is 11.7. The predicted molar refractivity (Wildman–Crippen MR) is 218 cm³/mol. The van der Waals surface area contributed by atoms with Crippen molar-refractivity contribution in [3.05, 3.63) is 95.3 Å².